The molecule has 0 bridgehead atoms. The van der Waals surface area contributed by atoms with Gasteiger partial charge >= 0.3 is 6.18 Å². The Morgan fingerprint density at radius 3 is 2.29 bits per heavy atom. The van der Waals surface area contributed by atoms with Crippen LogP contribution in [0.15, 0.2) is 42.5 Å². The molecule has 5 rings (SSSR count). The molecule has 1 aliphatic carbocycles. The Balaban J connectivity index is 1.14. The van der Waals surface area contributed by atoms with E-state index in [4.69, 9.17) is 0 Å². The topological polar surface area (TPSA) is 75.4 Å². The van der Waals surface area contributed by atoms with Crippen molar-refractivity contribution >= 4 is 17.4 Å². The highest BCUT2D eigenvalue weighted by molar-refractivity contribution is 5.79. The molecule has 0 spiro atoms. The van der Waals surface area contributed by atoms with Crippen LogP contribution in [0.5, 0.6) is 0 Å². The van der Waals surface area contributed by atoms with Crippen molar-refractivity contribution < 1.29 is 18.0 Å². The fourth-order valence-corrected chi connectivity index (χ4v) is 5.11. The molecular weight excluding hydrogens is 445 g/mol. The smallest absolute Gasteiger partial charge is 0.355 e. The molecule has 10 heteroatoms. The summed E-state index contributed by atoms with van der Waals surface area (Å²) in [6, 6.07) is 13.9. The number of hydrogen-bond acceptors (Lipinski definition) is 5. The Bertz CT molecular complexity index is 1130. The van der Waals surface area contributed by atoms with E-state index >= 15 is 0 Å². The van der Waals surface area contributed by atoms with Gasteiger partial charge in [0.2, 0.25) is 5.91 Å². The molecule has 1 saturated heterocycles. The fourth-order valence-electron chi connectivity index (χ4n) is 5.11. The largest absolute Gasteiger partial charge is 0.453 e. The Labute approximate surface area is 195 Å². The van der Waals surface area contributed by atoms with Gasteiger partial charge in [-0.25, -0.2) is 0 Å². The lowest BCUT2D eigenvalue weighted by Crippen LogP contribution is -2.45. The quantitative estimate of drug-likeness (QED) is 0.616. The molecule has 3 heterocycles. The molecule has 2 aromatic heterocycles. The summed E-state index contributed by atoms with van der Waals surface area (Å²) in [6.45, 7) is 1.11. The van der Waals surface area contributed by atoms with Crippen LogP contribution in [0.4, 0.5) is 19.0 Å². The van der Waals surface area contributed by atoms with Crippen LogP contribution < -0.4 is 10.2 Å². The van der Waals surface area contributed by atoms with E-state index in [9.17, 15) is 18.0 Å². The second-order valence-electron chi connectivity index (χ2n) is 9.21. The monoisotopic (exact) mass is 472 g/mol. The molecule has 1 aliphatic heterocycles. The zero-order chi connectivity index (χ0) is 23.7. The maximum atomic E-state index is 13.1. The van der Waals surface area contributed by atoms with Crippen molar-refractivity contribution in [1.29, 1.82) is 0 Å². The number of alkyl halides is 3. The maximum absolute atomic E-state index is 13.1. The van der Waals surface area contributed by atoms with Crippen LogP contribution in [-0.4, -0.2) is 44.8 Å². The van der Waals surface area contributed by atoms with Crippen molar-refractivity contribution in [3.63, 3.8) is 0 Å². The van der Waals surface area contributed by atoms with Gasteiger partial charge in [-0.3, -0.25) is 4.79 Å². The third-order valence-electron chi connectivity index (χ3n) is 7.04. The molecule has 2 aliphatic rings. The van der Waals surface area contributed by atoms with E-state index in [-0.39, 0.29) is 23.5 Å². The highest BCUT2D eigenvalue weighted by atomic mass is 19.4. The third kappa shape index (κ3) is 4.71. The van der Waals surface area contributed by atoms with Crippen LogP contribution >= 0.6 is 0 Å². The molecular formula is C24H27F3N6O. The predicted octanol–water partition coefficient (Wildman–Crippen LogP) is 4.20. The predicted molar refractivity (Wildman–Crippen MR) is 120 cm³/mol. The van der Waals surface area contributed by atoms with Crippen LogP contribution in [0.25, 0.3) is 5.65 Å². The van der Waals surface area contributed by atoms with Crippen LogP contribution in [0, 0.1) is 5.92 Å². The van der Waals surface area contributed by atoms with Gasteiger partial charge in [0.1, 0.15) is 5.82 Å². The zero-order valence-corrected chi connectivity index (χ0v) is 18.7. The number of benzene rings is 1. The highest BCUT2D eigenvalue weighted by Gasteiger charge is 2.38. The number of carbonyl (C=O) groups excluding carboxylic acids is 1. The number of aromatic nitrogens is 4. The Morgan fingerprint density at radius 1 is 0.912 bits per heavy atom. The zero-order valence-electron chi connectivity index (χ0n) is 18.7. The summed E-state index contributed by atoms with van der Waals surface area (Å²) in [5.74, 6) is -0.153. The second kappa shape index (κ2) is 9.23. The molecule has 34 heavy (non-hydrogen) atoms. The third-order valence-corrected chi connectivity index (χ3v) is 7.04. The number of fused-ring (bicyclic) bond motifs is 1. The number of anilines is 1. The Morgan fingerprint density at radius 2 is 1.62 bits per heavy atom. The number of nitrogens with zero attached hydrogens (tertiary/aromatic N) is 5. The summed E-state index contributed by atoms with van der Waals surface area (Å²) >= 11 is 0. The first-order valence-electron chi connectivity index (χ1n) is 11.8. The second-order valence-corrected chi connectivity index (χ2v) is 9.21. The van der Waals surface area contributed by atoms with Gasteiger partial charge in [0.15, 0.2) is 5.65 Å². The van der Waals surface area contributed by atoms with Gasteiger partial charge in [-0.2, -0.15) is 17.7 Å². The van der Waals surface area contributed by atoms with Gasteiger partial charge in [0.25, 0.3) is 5.82 Å². The molecule has 0 unspecified atom stereocenters. The van der Waals surface area contributed by atoms with Crippen LogP contribution in [-0.2, 0) is 11.0 Å². The lowest BCUT2D eigenvalue weighted by molar-refractivity contribution is -0.146. The molecule has 1 aromatic carbocycles. The molecule has 2 fully saturated rings. The maximum Gasteiger partial charge on any atom is 0.453 e. The number of amides is 1. The van der Waals surface area contributed by atoms with Gasteiger partial charge in [-0.1, -0.05) is 30.3 Å². The first-order chi connectivity index (χ1) is 16.4. The van der Waals surface area contributed by atoms with Gasteiger partial charge in [0, 0.05) is 25.0 Å². The van der Waals surface area contributed by atoms with Gasteiger partial charge in [-0.15, -0.1) is 15.3 Å². The van der Waals surface area contributed by atoms with Gasteiger partial charge in [-0.05, 0) is 62.1 Å². The highest BCUT2D eigenvalue weighted by Crippen LogP contribution is 2.33. The van der Waals surface area contributed by atoms with Crippen LogP contribution in [0.3, 0.4) is 0 Å². The van der Waals surface area contributed by atoms with Crippen LogP contribution in [0.1, 0.15) is 55.8 Å². The fraction of sp³-hybridized carbons (Fsp3) is 0.500. The number of carbonyl (C=O) groups is 1. The summed E-state index contributed by atoms with van der Waals surface area (Å²) in [6.07, 6.45) is 0.757. The summed E-state index contributed by atoms with van der Waals surface area (Å²) < 4.78 is 40.2. The normalized spacial score (nSPS) is 22.1. The van der Waals surface area contributed by atoms with Crippen LogP contribution in [0.2, 0.25) is 0 Å². The van der Waals surface area contributed by atoms with Crippen molar-refractivity contribution in [3.8, 4) is 0 Å². The van der Waals surface area contributed by atoms with Crippen molar-refractivity contribution in [1.82, 2.24) is 25.1 Å². The van der Waals surface area contributed by atoms with E-state index in [1.165, 1.54) is 11.6 Å². The minimum atomic E-state index is -4.63. The van der Waals surface area contributed by atoms with Crippen molar-refractivity contribution in [2.45, 2.75) is 56.7 Å². The number of rotatable bonds is 4. The van der Waals surface area contributed by atoms with Crippen molar-refractivity contribution in [3.05, 3.63) is 53.9 Å². The first-order valence-corrected chi connectivity index (χ1v) is 11.8. The minimum absolute atomic E-state index is 0.0484. The number of nitrogens with one attached hydrogen (secondary N) is 1. The first kappa shape index (κ1) is 22.6. The summed E-state index contributed by atoms with van der Waals surface area (Å²) in [5, 5.41) is 14.1. The van der Waals surface area contributed by atoms with Gasteiger partial charge < -0.3 is 10.2 Å². The Hall–Kier alpha value is -3.17. The van der Waals surface area contributed by atoms with Crippen molar-refractivity contribution in [2.75, 3.05) is 18.0 Å². The molecule has 7 nitrogen and oxygen atoms in total. The molecule has 1 amide bonds. The number of piperidine rings is 1. The molecule has 0 atom stereocenters. The van der Waals surface area contributed by atoms with E-state index in [1.54, 1.807) is 6.07 Å². The van der Waals surface area contributed by atoms with E-state index < -0.39 is 12.0 Å². The van der Waals surface area contributed by atoms with Gasteiger partial charge in [0.05, 0.1) is 0 Å². The molecule has 1 N–H and O–H groups in total. The summed E-state index contributed by atoms with van der Waals surface area (Å²) in [4.78, 5) is 14.8. The van der Waals surface area contributed by atoms with E-state index in [1.807, 2.05) is 11.0 Å². The average molecular weight is 473 g/mol. The van der Waals surface area contributed by atoms with E-state index in [0.29, 0.717) is 37.7 Å². The number of hydrogen-bond donors (Lipinski definition) is 1. The lowest BCUT2D eigenvalue weighted by Gasteiger charge is -2.34. The average Bonchev–Trinajstić information content (AvgIpc) is 3.29. The number of halogens is 3. The SMILES string of the molecule is O=C(NC1CCC(c2ccccc2)CC1)C1CCN(c2ccc3nnc(C(F)(F)F)n3n2)CC1. The molecule has 0 radical (unpaired) electrons. The van der Waals surface area contributed by atoms with E-state index in [0.717, 1.165) is 30.2 Å². The molecule has 180 valence electrons. The van der Waals surface area contributed by atoms with E-state index in [2.05, 4.69) is 44.9 Å². The minimum Gasteiger partial charge on any atom is -0.355 e. The summed E-state index contributed by atoms with van der Waals surface area (Å²) in [7, 11) is 0. The standard InChI is InChI=1S/C24H27F3N6O/c25-24(26,27)23-30-29-20-10-11-21(31-33(20)23)32-14-12-18(13-15-32)22(34)28-19-8-6-17(7-9-19)16-4-2-1-3-5-16/h1-5,10-11,17-19H,6-9,12-15H2,(H,28,34). The van der Waals surface area contributed by atoms with Crippen molar-refractivity contribution in [2.24, 2.45) is 5.92 Å². The molecule has 3 aromatic rings. The lowest BCUT2D eigenvalue weighted by atomic mass is 9.81. The Kier molecular flexibility index (Phi) is 6.14. The molecule has 1 saturated carbocycles. The summed E-state index contributed by atoms with van der Waals surface area (Å²) in [5.41, 5.74) is 1.42.